The van der Waals surface area contributed by atoms with Crippen LogP contribution < -0.4 is 15.5 Å². The van der Waals surface area contributed by atoms with Crippen LogP contribution in [0.1, 0.15) is 58.5 Å². The zero-order valence-corrected chi connectivity index (χ0v) is 28.2. The summed E-state index contributed by atoms with van der Waals surface area (Å²) < 4.78 is 57.0. The monoisotopic (exact) mass is 728 g/mol. The number of nitriles is 1. The molecule has 3 aliphatic heterocycles. The van der Waals surface area contributed by atoms with E-state index in [1.165, 1.54) is 30.9 Å². The Kier molecular flexibility index (Phi) is 11.3. The minimum absolute atomic E-state index is 0.0194. The van der Waals surface area contributed by atoms with Gasteiger partial charge in [0.15, 0.2) is 0 Å². The fourth-order valence-electron chi connectivity index (χ4n) is 6.06. The molecule has 0 aliphatic carbocycles. The van der Waals surface area contributed by atoms with Crippen molar-refractivity contribution in [1.82, 2.24) is 15.1 Å². The van der Waals surface area contributed by atoms with Gasteiger partial charge >= 0.3 is 12.2 Å². The molecular weight excluding hydrogens is 693 g/mol. The molecule has 276 valence electrons. The maximum absolute atomic E-state index is 13.5. The van der Waals surface area contributed by atoms with E-state index in [1.54, 1.807) is 12.1 Å². The van der Waals surface area contributed by atoms with Gasteiger partial charge in [0.1, 0.15) is 11.6 Å². The minimum atomic E-state index is -4.86. The van der Waals surface area contributed by atoms with Crippen molar-refractivity contribution in [1.29, 1.82) is 5.26 Å². The van der Waals surface area contributed by atoms with Gasteiger partial charge in [0, 0.05) is 25.2 Å². The SMILES string of the molecule is CC1(C)C(=O)N(c2ccc(C#N)c(C(F)(F)F)c2)C(=O)N1CCOCCOCCOCCNc1cccc2c1C(=O)N(C1CCC(=O)NC1=O)C2=O. The molecule has 2 saturated heterocycles. The van der Waals surface area contributed by atoms with Crippen molar-refractivity contribution >= 4 is 46.9 Å². The van der Waals surface area contributed by atoms with Gasteiger partial charge in [-0.1, -0.05) is 6.07 Å². The number of nitrogens with zero attached hydrogens (tertiary/aromatic N) is 4. The zero-order valence-electron chi connectivity index (χ0n) is 28.2. The first-order valence-corrected chi connectivity index (χ1v) is 16.3. The summed E-state index contributed by atoms with van der Waals surface area (Å²) in [7, 11) is 0. The lowest BCUT2D eigenvalue weighted by atomic mass is 10.0. The van der Waals surface area contributed by atoms with Crippen LogP contribution in [-0.4, -0.2) is 110 Å². The Balaban J connectivity index is 0.988. The summed E-state index contributed by atoms with van der Waals surface area (Å²) in [5.74, 6) is -3.08. The summed E-state index contributed by atoms with van der Waals surface area (Å²) in [5, 5.41) is 14.3. The maximum atomic E-state index is 13.5. The first-order valence-electron chi connectivity index (χ1n) is 16.3. The number of anilines is 2. The molecule has 2 N–H and O–H groups in total. The molecule has 0 radical (unpaired) electrons. The fourth-order valence-corrected chi connectivity index (χ4v) is 6.06. The Bertz CT molecular complexity index is 1830. The van der Waals surface area contributed by atoms with Gasteiger partial charge in [-0.05, 0) is 50.6 Å². The van der Waals surface area contributed by atoms with E-state index in [1.807, 2.05) is 0 Å². The van der Waals surface area contributed by atoms with Crippen molar-refractivity contribution in [2.45, 2.75) is 44.4 Å². The van der Waals surface area contributed by atoms with Gasteiger partial charge in [0.25, 0.3) is 17.7 Å². The van der Waals surface area contributed by atoms with Gasteiger partial charge in [0.2, 0.25) is 11.8 Å². The molecule has 0 bridgehead atoms. The Morgan fingerprint density at radius 3 is 2.27 bits per heavy atom. The number of rotatable bonds is 15. The number of imide groups is 3. The molecule has 5 rings (SSSR count). The Morgan fingerprint density at radius 2 is 1.62 bits per heavy atom. The van der Waals surface area contributed by atoms with Crippen LogP contribution in [0.5, 0.6) is 0 Å². The van der Waals surface area contributed by atoms with Crippen molar-refractivity contribution in [2.24, 2.45) is 0 Å². The first kappa shape index (κ1) is 37.9. The van der Waals surface area contributed by atoms with Gasteiger partial charge < -0.3 is 24.4 Å². The average Bonchev–Trinajstić information content (AvgIpc) is 3.44. The van der Waals surface area contributed by atoms with E-state index < -0.39 is 64.5 Å². The summed E-state index contributed by atoms with van der Waals surface area (Å²) in [5.41, 5.74) is -2.82. The van der Waals surface area contributed by atoms with Crippen molar-refractivity contribution < 1.29 is 56.1 Å². The number of piperidine rings is 1. The lowest BCUT2D eigenvalue weighted by Gasteiger charge is -2.27. The van der Waals surface area contributed by atoms with Crippen molar-refractivity contribution in [3.05, 3.63) is 58.7 Å². The molecule has 0 spiro atoms. The Hall–Kier alpha value is -5.38. The molecule has 2 fully saturated rings. The van der Waals surface area contributed by atoms with Crippen LogP contribution in [0.4, 0.5) is 29.3 Å². The van der Waals surface area contributed by atoms with E-state index in [9.17, 15) is 41.9 Å². The normalized spacial score (nSPS) is 18.6. The quantitative estimate of drug-likeness (QED) is 0.156. The number of nitrogens with one attached hydrogen (secondary N) is 2. The minimum Gasteiger partial charge on any atom is -0.382 e. The second-order valence-corrected chi connectivity index (χ2v) is 12.4. The molecule has 15 nitrogen and oxygen atoms in total. The van der Waals surface area contributed by atoms with Crippen LogP contribution in [0.25, 0.3) is 0 Å². The molecule has 0 saturated carbocycles. The Morgan fingerprint density at radius 1 is 0.942 bits per heavy atom. The first-order chi connectivity index (χ1) is 24.7. The van der Waals surface area contributed by atoms with Crippen LogP contribution >= 0.6 is 0 Å². The third kappa shape index (κ3) is 7.61. The number of amides is 7. The standard InChI is InChI=1S/C34H35F3N6O9/c1-33(2)31(48)42(21-7-6-20(19-38)23(18-21)34(35,36)37)32(49)41(33)11-13-51-15-17-52-16-14-50-12-10-39-24-5-3-4-22-27(24)30(47)43(29(22)46)25-8-9-26(44)40-28(25)45/h3-7,18,25,39H,8-17H2,1-2H3,(H,40,44,45). The smallest absolute Gasteiger partial charge is 0.382 e. The van der Waals surface area contributed by atoms with Gasteiger partial charge in [0.05, 0.1) is 73.7 Å². The second kappa shape index (κ2) is 15.5. The van der Waals surface area contributed by atoms with E-state index in [4.69, 9.17) is 19.5 Å². The topological polar surface area (TPSA) is 188 Å². The molecule has 18 heteroatoms. The molecular formula is C34H35F3N6O9. The van der Waals surface area contributed by atoms with E-state index in [2.05, 4.69) is 10.6 Å². The predicted octanol–water partition coefficient (Wildman–Crippen LogP) is 2.69. The third-order valence-corrected chi connectivity index (χ3v) is 8.74. The highest BCUT2D eigenvalue weighted by Crippen LogP contribution is 2.38. The number of carbonyl (C=O) groups is 6. The largest absolute Gasteiger partial charge is 0.417 e. The molecule has 1 atom stereocenters. The average molecular weight is 729 g/mol. The van der Waals surface area contributed by atoms with Crippen LogP contribution in [0.3, 0.4) is 0 Å². The molecule has 0 aromatic heterocycles. The maximum Gasteiger partial charge on any atom is 0.417 e. The van der Waals surface area contributed by atoms with Gasteiger partial charge in [-0.25, -0.2) is 9.69 Å². The molecule has 3 heterocycles. The number of halogens is 3. The van der Waals surface area contributed by atoms with Crippen LogP contribution in [-0.2, 0) is 34.8 Å². The van der Waals surface area contributed by atoms with Crippen molar-refractivity contribution in [2.75, 3.05) is 62.9 Å². The molecule has 3 aliphatic rings. The van der Waals surface area contributed by atoms with E-state index >= 15 is 0 Å². The summed E-state index contributed by atoms with van der Waals surface area (Å²) in [6.45, 7) is 4.27. The predicted molar refractivity (Wildman–Crippen MR) is 174 cm³/mol. The summed E-state index contributed by atoms with van der Waals surface area (Å²) in [6, 6.07) is 7.00. The highest BCUT2D eigenvalue weighted by atomic mass is 19.4. The van der Waals surface area contributed by atoms with Crippen molar-refractivity contribution in [3.8, 4) is 6.07 Å². The number of benzene rings is 2. The number of urea groups is 1. The molecule has 7 amide bonds. The van der Waals surface area contributed by atoms with Gasteiger partial charge in [-0.2, -0.15) is 18.4 Å². The second-order valence-electron chi connectivity index (χ2n) is 12.4. The number of hydrogen-bond donors (Lipinski definition) is 2. The van der Waals surface area contributed by atoms with Gasteiger partial charge in [-0.3, -0.25) is 34.2 Å². The molecule has 2 aromatic rings. The molecule has 2 aromatic carbocycles. The Labute approximate surface area is 295 Å². The zero-order chi connectivity index (χ0) is 37.8. The number of carbonyl (C=O) groups excluding carboxylic acids is 6. The lowest BCUT2D eigenvalue weighted by Crippen LogP contribution is -2.54. The van der Waals surface area contributed by atoms with E-state index in [-0.39, 0.29) is 75.8 Å². The third-order valence-electron chi connectivity index (χ3n) is 8.74. The van der Waals surface area contributed by atoms with Crippen molar-refractivity contribution in [3.63, 3.8) is 0 Å². The molecule has 1 unspecified atom stereocenters. The highest BCUT2D eigenvalue weighted by Gasteiger charge is 2.52. The molecule has 52 heavy (non-hydrogen) atoms. The fraction of sp³-hybridized carbons (Fsp3) is 0.441. The number of alkyl halides is 3. The van der Waals surface area contributed by atoms with E-state index in [0.29, 0.717) is 23.2 Å². The highest BCUT2D eigenvalue weighted by molar-refractivity contribution is 6.25. The number of hydrogen-bond acceptors (Lipinski definition) is 11. The number of fused-ring (bicyclic) bond motifs is 1. The van der Waals surface area contributed by atoms with E-state index in [0.717, 1.165) is 17.0 Å². The summed E-state index contributed by atoms with van der Waals surface area (Å²) >= 11 is 0. The lowest BCUT2D eigenvalue weighted by molar-refractivity contribution is -0.138. The summed E-state index contributed by atoms with van der Waals surface area (Å²) in [4.78, 5) is 78.9. The van der Waals surface area contributed by atoms with Crippen LogP contribution in [0, 0.1) is 11.3 Å². The van der Waals surface area contributed by atoms with Crippen LogP contribution in [0.2, 0.25) is 0 Å². The van der Waals surface area contributed by atoms with Crippen LogP contribution in [0.15, 0.2) is 36.4 Å². The number of ether oxygens (including phenoxy) is 3. The summed E-state index contributed by atoms with van der Waals surface area (Å²) in [6.07, 6.45) is -4.78. The van der Waals surface area contributed by atoms with Gasteiger partial charge in [-0.15, -0.1) is 0 Å².